The summed E-state index contributed by atoms with van der Waals surface area (Å²) in [5.41, 5.74) is 5.43. The highest BCUT2D eigenvalue weighted by Gasteiger charge is 2.34. The van der Waals surface area contributed by atoms with Crippen LogP contribution in [0, 0.1) is 0 Å². The van der Waals surface area contributed by atoms with Crippen LogP contribution in [0.5, 0.6) is 0 Å². The molecule has 2 aliphatic carbocycles. The number of hydrogen-bond acceptors (Lipinski definition) is 4. The van der Waals surface area contributed by atoms with Crippen LogP contribution in [-0.2, 0) is 9.59 Å². The first-order valence-electron chi connectivity index (χ1n) is 5.69. The number of fused-ring (bicyclic) bond motifs is 3. The van der Waals surface area contributed by atoms with E-state index in [1.807, 2.05) is 24.3 Å². The molecule has 0 amide bonds. The number of nitrogens with zero attached hydrogens (tertiary/aromatic N) is 2. The van der Waals surface area contributed by atoms with Gasteiger partial charge in [-0.25, -0.2) is 9.59 Å². The summed E-state index contributed by atoms with van der Waals surface area (Å²) in [7, 11) is 0. The van der Waals surface area contributed by atoms with Gasteiger partial charge in [0.2, 0.25) is 12.2 Å². The normalized spacial score (nSPS) is 15.9. The zero-order valence-electron chi connectivity index (χ0n) is 9.93. The molecule has 4 nitrogen and oxygen atoms in total. The van der Waals surface area contributed by atoms with Crippen LogP contribution < -0.4 is 0 Å². The molecule has 1 aromatic rings. The Morgan fingerprint density at radius 2 is 1.63 bits per heavy atom. The molecule has 0 radical (unpaired) electrons. The smallest absolute Gasteiger partial charge is 0.211 e. The second-order valence-corrected chi connectivity index (χ2v) is 4.28. The van der Waals surface area contributed by atoms with Gasteiger partial charge in [0, 0.05) is 12.0 Å². The van der Waals surface area contributed by atoms with E-state index in [2.05, 4.69) is 16.6 Å². The van der Waals surface area contributed by atoms with Crippen molar-refractivity contribution >= 4 is 23.3 Å². The lowest BCUT2D eigenvalue weighted by Gasteiger charge is -2.32. The summed E-state index contributed by atoms with van der Waals surface area (Å²) in [4.78, 5) is 28.4. The van der Waals surface area contributed by atoms with Crippen molar-refractivity contribution in [2.45, 2.75) is 6.42 Å². The van der Waals surface area contributed by atoms with Crippen molar-refractivity contribution in [3.8, 4) is 0 Å². The maximum atomic E-state index is 10.6. The molecule has 0 aliphatic heterocycles. The van der Waals surface area contributed by atoms with E-state index in [1.54, 1.807) is 0 Å². The third-order valence-electron chi connectivity index (χ3n) is 3.32. The Balaban J connectivity index is 2.27. The quantitative estimate of drug-likeness (QED) is 0.596. The average molecular weight is 248 g/mol. The Morgan fingerprint density at radius 1 is 1.00 bits per heavy atom. The summed E-state index contributed by atoms with van der Waals surface area (Å²) in [6.07, 6.45) is 3.60. The van der Waals surface area contributed by atoms with Crippen LogP contribution in [0.3, 0.4) is 0 Å². The Morgan fingerprint density at radius 3 is 2.32 bits per heavy atom. The predicted molar refractivity (Wildman–Crippen MR) is 70.3 cm³/mol. The van der Waals surface area contributed by atoms with E-state index in [-0.39, 0.29) is 0 Å². The van der Waals surface area contributed by atoms with E-state index in [0.29, 0.717) is 23.4 Å². The van der Waals surface area contributed by atoms with Gasteiger partial charge in [-0.15, -0.1) is 0 Å². The molecule has 0 N–H and O–H groups in total. The van der Waals surface area contributed by atoms with Gasteiger partial charge in [0.1, 0.15) is 11.4 Å². The first-order valence-corrected chi connectivity index (χ1v) is 5.69. The summed E-state index contributed by atoms with van der Waals surface area (Å²) in [5, 5.41) is 0. The van der Waals surface area contributed by atoms with Crippen molar-refractivity contribution < 1.29 is 9.59 Å². The molecule has 0 unspecified atom stereocenters. The van der Waals surface area contributed by atoms with Gasteiger partial charge < -0.3 is 0 Å². The summed E-state index contributed by atoms with van der Waals surface area (Å²) in [6, 6.07) is 7.83. The molecule has 0 spiro atoms. The maximum Gasteiger partial charge on any atom is 0.240 e. The highest BCUT2D eigenvalue weighted by Crippen LogP contribution is 2.52. The highest BCUT2D eigenvalue weighted by molar-refractivity contribution is 6.12. The number of allylic oxidation sites excluding steroid dienone is 3. The first kappa shape index (κ1) is 11.3. The number of rotatable bonds is 2. The second kappa shape index (κ2) is 4.14. The van der Waals surface area contributed by atoms with Crippen LogP contribution >= 0.6 is 0 Å². The van der Waals surface area contributed by atoms with E-state index in [1.165, 1.54) is 12.2 Å². The zero-order valence-corrected chi connectivity index (χ0v) is 9.93. The topological polar surface area (TPSA) is 58.9 Å². The Hall–Kier alpha value is -2.80. The second-order valence-electron chi connectivity index (χ2n) is 4.28. The van der Waals surface area contributed by atoms with E-state index < -0.39 is 0 Å². The molecule has 1 aromatic carbocycles. The number of carbonyl (C=O) groups excluding carboxylic acids is 2. The van der Waals surface area contributed by atoms with Crippen LogP contribution in [0.4, 0.5) is 0 Å². The van der Waals surface area contributed by atoms with Gasteiger partial charge in [0.15, 0.2) is 0 Å². The molecule has 0 atom stereocenters. The zero-order chi connectivity index (χ0) is 13.4. The minimum atomic E-state index is 0.326. The van der Waals surface area contributed by atoms with Gasteiger partial charge in [0.25, 0.3) is 0 Å². The van der Waals surface area contributed by atoms with Crippen molar-refractivity contribution in [1.82, 2.24) is 0 Å². The number of benzene rings is 1. The van der Waals surface area contributed by atoms with Crippen LogP contribution in [0.2, 0.25) is 0 Å². The van der Waals surface area contributed by atoms with Crippen molar-refractivity contribution in [3.05, 3.63) is 58.9 Å². The lowest BCUT2D eigenvalue weighted by molar-refractivity contribution is 0.563. The SMILES string of the molecule is C=C1CC2=C(C(N=C=O)=C1N=C=O)c1ccccc12. The lowest BCUT2D eigenvalue weighted by atomic mass is 9.72. The Labute approximate surface area is 109 Å². The maximum absolute atomic E-state index is 10.6. The number of isocyanates is 2. The van der Waals surface area contributed by atoms with Crippen molar-refractivity contribution in [3.63, 3.8) is 0 Å². The van der Waals surface area contributed by atoms with Gasteiger partial charge in [0.05, 0.1) is 0 Å². The first-order chi connectivity index (χ1) is 9.27. The van der Waals surface area contributed by atoms with E-state index in [0.717, 1.165) is 22.3 Å². The molecule has 0 saturated carbocycles. The van der Waals surface area contributed by atoms with Gasteiger partial charge >= 0.3 is 0 Å². The summed E-state index contributed by atoms with van der Waals surface area (Å²) in [5.74, 6) is 0. The van der Waals surface area contributed by atoms with Crippen molar-refractivity contribution in [1.29, 1.82) is 0 Å². The van der Waals surface area contributed by atoms with Crippen LogP contribution in [0.1, 0.15) is 17.5 Å². The minimum absolute atomic E-state index is 0.326. The fraction of sp³-hybridized carbons (Fsp3) is 0.0667. The Kier molecular flexibility index (Phi) is 2.46. The highest BCUT2D eigenvalue weighted by atomic mass is 16.1. The molecular formula is C15H8N2O2. The molecule has 0 saturated heterocycles. The lowest BCUT2D eigenvalue weighted by Crippen LogP contribution is -2.14. The van der Waals surface area contributed by atoms with Gasteiger partial charge in [-0.1, -0.05) is 30.8 Å². The predicted octanol–water partition coefficient (Wildman–Crippen LogP) is 2.75. The summed E-state index contributed by atoms with van der Waals surface area (Å²) < 4.78 is 0. The van der Waals surface area contributed by atoms with Crippen molar-refractivity contribution in [2.24, 2.45) is 9.98 Å². The van der Waals surface area contributed by atoms with Crippen molar-refractivity contribution in [2.75, 3.05) is 0 Å². The number of aliphatic imine (C=N–C) groups is 2. The molecule has 19 heavy (non-hydrogen) atoms. The van der Waals surface area contributed by atoms with E-state index in [9.17, 15) is 9.59 Å². The largest absolute Gasteiger partial charge is 0.240 e. The number of hydrogen-bond donors (Lipinski definition) is 0. The minimum Gasteiger partial charge on any atom is -0.211 e. The molecule has 0 bridgehead atoms. The molecule has 0 aromatic heterocycles. The van der Waals surface area contributed by atoms with Crippen LogP contribution in [-0.4, -0.2) is 12.2 Å². The monoisotopic (exact) mass is 248 g/mol. The molecule has 3 rings (SSSR count). The molecule has 4 heteroatoms. The summed E-state index contributed by atoms with van der Waals surface area (Å²) >= 11 is 0. The standard InChI is InChI=1S/C15H8N2O2/c1-9-6-12-10-4-2-3-5-11(10)13(12)15(17-8-19)14(9)16-7-18/h2-5H,1,6H2. The fourth-order valence-corrected chi connectivity index (χ4v) is 2.57. The molecule has 90 valence electrons. The van der Waals surface area contributed by atoms with Gasteiger partial charge in [-0.05, 0) is 22.3 Å². The van der Waals surface area contributed by atoms with Crippen LogP contribution in [0.25, 0.3) is 11.1 Å². The van der Waals surface area contributed by atoms with Gasteiger partial charge in [-0.2, -0.15) is 9.98 Å². The van der Waals surface area contributed by atoms with E-state index >= 15 is 0 Å². The van der Waals surface area contributed by atoms with E-state index in [4.69, 9.17) is 0 Å². The molecule has 0 heterocycles. The third-order valence-corrected chi connectivity index (χ3v) is 3.32. The molecule has 2 aliphatic rings. The summed E-state index contributed by atoms with van der Waals surface area (Å²) in [6.45, 7) is 3.88. The third kappa shape index (κ3) is 1.49. The fourth-order valence-electron chi connectivity index (χ4n) is 2.57. The molecular weight excluding hydrogens is 240 g/mol. The molecule has 0 fully saturated rings. The Bertz CT molecular complexity index is 771. The van der Waals surface area contributed by atoms with Gasteiger partial charge in [-0.3, -0.25) is 0 Å². The van der Waals surface area contributed by atoms with Crippen LogP contribution in [0.15, 0.2) is 57.8 Å². The average Bonchev–Trinajstić information content (AvgIpc) is 2.41.